The van der Waals surface area contributed by atoms with Crippen molar-refractivity contribution in [3.8, 4) is 11.4 Å². The summed E-state index contributed by atoms with van der Waals surface area (Å²) in [5.74, 6) is 0.267. The predicted molar refractivity (Wildman–Crippen MR) is 184 cm³/mol. The van der Waals surface area contributed by atoms with E-state index in [2.05, 4.69) is 89.2 Å². The third-order valence-corrected chi connectivity index (χ3v) is 9.37. The molecule has 0 bridgehead atoms. The van der Waals surface area contributed by atoms with Crippen molar-refractivity contribution in [2.45, 2.75) is 65.1 Å². The van der Waals surface area contributed by atoms with Gasteiger partial charge in [0.1, 0.15) is 29.5 Å². The third kappa shape index (κ3) is 5.33. The Balaban J connectivity index is 1.47. The normalized spacial score (nSPS) is 17.4. The lowest BCUT2D eigenvalue weighted by atomic mass is 9.84. The molecule has 2 aliphatic rings. The highest BCUT2D eigenvalue weighted by Gasteiger charge is 2.41. The van der Waals surface area contributed by atoms with Crippen LogP contribution in [0.15, 0.2) is 59.6 Å². The summed E-state index contributed by atoms with van der Waals surface area (Å²) in [6.45, 7) is 12.0. The molecular weight excluding hydrogens is 586 g/mol. The van der Waals surface area contributed by atoms with Gasteiger partial charge in [-0.05, 0) is 64.7 Å². The van der Waals surface area contributed by atoms with Crippen LogP contribution in [0.2, 0.25) is 5.02 Å². The van der Waals surface area contributed by atoms with Crippen LogP contribution in [0, 0.1) is 0 Å². The van der Waals surface area contributed by atoms with E-state index in [1.54, 1.807) is 4.57 Å². The molecule has 2 aromatic heterocycles. The molecule has 0 radical (unpaired) electrons. The van der Waals surface area contributed by atoms with Crippen LogP contribution in [0.25, 0.3) is 22.3 Å². The number of aromatic nitrogens is 2. The van der Waals surface area contributed by atoms with E-state index >= 15 is 0 Å². The van der Waals surface area contributed by atoms with Crippen LogP contribution >= 0.6 is 11.6 Å². The van der Waals surface area contributed by atoms with E-state index in [9.17, 15) is 9.90 Å². The van der Waals surface area contributed by atoms with Gasteiger partial charge in [-0.3, -0.25) is 9.28 Å². The molecular formula is C36H43ClN5O3+. The summed E-state index contributed by atoms with van der Waals surface area (Å²) in [6.07, 6.45) is 0.346. The maximum Gasteiger partial charge on any atom is 0.258 e. The highest BCUT2D eigenvalue weighted by atomic mass is 35.5. The molecule has 2 N–H and O–H groups in total. The van der Waals surface area contributed by atoms with E-state index < -0.39 is 5.60 Å². The minimum Gasteiger partial charge on any atom is -0.490 e. The molecule has 0 saturated carbocycles. The molecule has 0 fully saturated rings. The second kappa shape index (κ2) is 11.3. The van der Waals surface area contributed by atoms with Crippen molar-refractivity contribution in [2.24, 2.45) is 0 Å². The number of hydrogen-bond donors (Lipinski definition) is 2. The molecule has 4 heterocycles. The summed E-state index contributed by atoms with van der Waals surface area (Å²) < 4.78 is 7.97. The van der Waals surface area contributed by atoms with Gasteiger partial charge in [0, 0.05) is 45.9 Å². The summed E-state index contributed by atoms with van der Waals surface area (Å²) in [6, 6.07) is 15.0. The van der Waals surface area contributed by atoms with Gasteiger partial charge in [-0.15, -0.1) is 0 Å². The van der Waals surface area contributed by atoms with Crippen molar-refractivity contribution in [1.29, 1.82) is 0 Å². The number of anilines is 1. The topological polar surface area (TPSA) is 79.6 Å². The van der Waals surface area contributed by atoms with Crippen LogP contribution in [0.3, 0.4) is 0 Å². The Morgan fingerprint density at radius 3 is 2.56 bits per heavy atom. The molecule has 8 nitrogen and oxygen atoms in total. The highest BCUT2D eigenvalue weighted by molar-refractivity contribution is 6.34. The number of quaternary nitrogens is 1. The number of aliphatic hydroxyl groups is 1. The number of fused-ring (bicyclic) bond motifs is 5. The SMILES string of the molecule is C=C1OCc2c(cc3n(c2=O)Cc2cc4c(CN(C)C)c([N+](C)(C)Cc5ccc(NC(C)C)cc5)c(Cl)cc4nc2-3)[C@@]1(O)CC. The molecule has 9 heteroatoms. The second-order valence-electron chi connectivity index (χ2n) is 13.6. The Bertz CT molecular complexity index is 1890. The van der Waals surface area contributed by atoms with Gasteiger partial charge in [-0.1, -0.05) is 37.2 Å². The van der Waals surface area contributed by atoms with E-state index in [0.717, 1.165) is 45.6 Å². The Hall–Kier alpha value is -3.69. The lowest BCUT2D eigenvalue weighted by Crippen LogP contribution is -2.41. The fraction of sp³-hybridized carbons (Fsp3) is 0.389. The Labute approximate surface area is 270 Å². The molecule has 0 saturated heterocycles. The quantitative estimate of drug-likeness (QED) is 0.195. The zero-order chi connectivity index (χ0) is 32.4. The lowest BCUT2D eigenvalue weighted by Gasteiger charge is -2.35. The molecule has 0 unspecified atom stereocenters. The van der Waals surface area contributed by atoms with Crippen LogP contribution in [0.4, 0.5) is 11.4 Å². The first-order valence-electron chi connectivity index (χ1n) is 15.5. The van der Waals surface area contributed by atoms with Crippen LogP contribution in [-0.2, 0) is 36.6 Å². The number of halogens is 1. The molecule has 1 atom stereocenters. The van der Waals surface area contributed by atoms with Crippen molar-refractivity contribution in [2.75, 3.05) is 33.5 Å². The number of ether oxygens (including phenoxy) is 1. The van der Waals surface area contributed by atoms with Crippen LogP contribution in [0.1, 0.15) is 55.0 Å². The van der Waals surface area contributed by atoms with Gasteiger partial charge in [0.2, 0.25) is 0 Å². The van der Waals surface area contributed by atoms with E-state index in [0.29, 0.717) is 51.9 Å². The van der Waals surface area contributed by atoms with Gasteiger partial charge in [0.15, 0.2) is 5.69 Å². The van der Waals surface area contributed by atoms with Gasteiger partial charge >= 0.3 is 0 Å². The first-order chi connectivity index (χ1) is 21.2. The maximum absolute atomic E-state index is 13.8. The molecule has 2 aliphatic heterocycles. The van der Waals surface area contributed by atoms with E-state index in [4.69, 9.17) is 21.3 Å². The number of benzene rings is 2. The summed E-state index contributed by atoms with van der Waals surface area (Å²) >= 11 is 7.17. The number of nitrogens with one attached hydrogen (secondary N) is 1. The predicted octanol–water partition coefficient (Wildman–Crippen LogP) is 6.37. The summed E-state index contributed by atoms with van der Waals surface area (Å²) in [7, 11) is 8.50. The largest absolute Gasteiger partial charge is 0.490 e. The average Bonchev–Trinajstić information content (AvgIpc) is 3.32. The smallest absolute Gasteiger partial charge is 0.258 e. The Morgan fingerprint density at radius 1 is 1.20 bits per heavy atom. The fourth-order valence-electron chi connectivity index (χ4n) is 6.97. The van der Waals surface area contributed by atoms with Gasteiger partial charge in [-0.2, -0.15) is 0 Å². The minimum absolute atomic E-state index is 0.0945. The van der Waals surface area contributed by atoms with Crippen molar-refractivity contribution in [3.63, 3.8) is 0 Å². The van der Waals surface area contributed by atoms with Crippen LogP contribution in [-0.4, -0.2) is 53.8 Å². The number of rotatable bonds is 8. The summed E-state index contributed by atoms with van der Waals surface area (Å²) in [5, 5.41) is 16.6. The highest BCUT2D eigenvalue weighted by Crippen LogP contribution is 2.44. The number of pyridine rings is 2. The fourth-order valence-corrected chi connectivity index (χ4v) is 7.41. The van der Waals surface area contributed by atoms with Crippen molar-refractivity contribution in [1.82, 2.24) is 18.9 Å². The molecule has 0 aliphatic carbocycles. The van der Waals surface area contributed by atoms with E-state index in [1.165, 1.54) is 5.56 Å². The maximum atomic E-state index is 13.8. The van der Waals surface area contributed by atoms with Gasteiger partial charge < -0.3 is 24.6 Å². The first-order valence-corrected chi connectivity index (χ1v) is 15.9. The first kappa shape index (κ1) is 31.3. The van der Waals surface area contributed by atoms with Gasteiger partial charge in [-0.25, -0.2) is 4.98 Å². The molecule has 0 spiro atoms. The molecule has 4 aromatic rings. The molecule has 236 valence electrons. The van der Waals surface area contributed by atoms with Gasteiger partial charge in [0.05, 0.1) is 43.1 Å². The molecule has 2 aromatic carbocycles. The zero-order valence-corrected chi connectivity index (χ0v) is 28.0. The van der Waals surface area contributed by atoms with Crippen molar-refractivity contribution >= 4 is 33.9 Å². The average molecular weight is 629 g/mol. The van der Waals surface area contributed by atoms with Crippen LogP contribution in [0.5, 0.6) is 0 Å². The Kier molecular flexibility index (Phi) is 7.85. The second-order valence-corrected chi connectivity index (χ2v) is 14.0. The standard InChI is InChI=1S/C36H43ClN5O3/c1-9-36(44)22(4)45-20-28-29(36)15-32-33-24(17-41(32)35(28)43)14-26-27(18-40(5)6)34(30(37)16-31(26)39-33)42(7,8)19-23-10-12-25(13-11-23)38-21(2)3/h10-16,21,38,44H,4,9,17-20H2,1-3,5-8H3/q+1/t36-/m1/s1. The van der Waals surface area contributed by atoms with E-state index in [1.807, 2.05) is 19.1 Å². The Morgan fingerprint density at radius 2 is 1.91 bits per heavy atom. The monoisotopic (exact) mass is 628 g/mol. The van der Waals surface area contributed by atoms with Gasteiger partial charge in [0.25, 0.3) is 5.56 Å². The minimum atomic E-state index is -1.42. The molecule has 45 heavy (non-hydrogen) atoms. The van der Waals surface area contributed by atoms with E-state index in [-0.39, 0.29) is 17.9 Å². The molecule has 0 amide bonds. The summed E-state index contributed by atoms with van der Waals surface area (Å²) in [5.41, 5.74) is 7.11. The van der Waals surface area contributed by atoms with Crippen LogP contribution < -0.4 is 15.4 Å². The lowest BCUT2D eigenvalue weighted by molar-refractivity contribution is -0.0172. The van der Waals surface area contributed by atoms with Crippen molar-refractivity contribution in [3.05, 3.63) is 98.0 Å². The molecule has 6 rings (SSSR count). The number of hydrogen-bond acceptors (Lipinski definition) is 6. The zero-order valence-electron chi connectivity index (χ0n) is 27.3. The third-order valence-electron chi connectivity index (χ3n) is 9.08. The summed E-state index contributed by atoms with van der Waals surface area (Å²) in [4.78, 5) is 21.0. The number of nitrogens with zero attached hydrogens (tertiary/aromatic N) is 4. The van der Waals surface area contributed by atoms with Crippen molar-refractivity contribution < 1.29 is 9.84 Å².